The van der Waals surface area contributed by atoms with Gasteiger partial charge in [0.15, 0.2) is 0 Å². The lowest BCUT2D eigenvalue weighted by atomic mass is 10.1. The third-order valence-electron chi connectivity index (χ3n) is 6.26. The Morgan fingerprint density at radius 3 is 3.00 bits per heavy atom. The first-order chi connectivity index (χ1) is 16.7. The molecule has 1 N–H and O–H groups in total. The molecule has 1 aliphatic rings. The van der Waals surface area contributed by atoms with Gasteiger partial charge in [0.05, 0.1) is 26.2 Å². The van der Waals surface area contributed by atoms with Crippen LogP contribution in [0.15, 0.2) is 67.1 Å². The highest BCUT2D eigenvalue weighted by molar-refractivity contribution is 5.82. The first-order valence-corrected chi connectivity index (χ1v) is 11.6. The molecule has 0 amide bonds. The third-order valence-corrected chi connectivity index (χ3v) is 6.26. The summed E-state index contributed by atoms with van der Waals surface area (Å²) in [6.07, 6.45) is 8.75. The quantitative estimate of drug-likeness (QED) is 0.392. The molecule has 0 saturated carbocycles. The number of carbonyl (C=O) groups excluding carboxylic acids is 1. The number of rotatable bonds is 8. The van der Waals surface area contributed by atoms with Crippen molar-refractivity contribution in [2.75, 3.05) is 25.6 Å². The number of hydrogen-bond acceptors (Lipinski definition) is 6. The van der Waals surface area contributed by atoms with Gasteiger partial charge in [0.25, 0.3) is 0 Å². The second kappa shape index (κ2) is 9.95. The third kappa shape index (κ3) is 4.73. The van der Waals surface area contributed by atoms with Gasteiger partial charge in [-0.3, -0.25) is 9.78 Å². The number of esters is 1. The van der Waals surface area contributed by atoms with Crippen molar-refractivity contribution in [3.8, 4) is 5.75 Å². The Hall–Kier alpha value is -3.87. The van der Waals surface area contributed by atoms with E-state index in [1.54, 1.807) is 12.4 Å². The fourth-order valence-corrected chi connectivity index (χ4v) is 4.48. The summed E-state index contributed by atoms with van der Waals surface area (Å²) in [4.78, 5) is 21.1. The molecular weight excluding hydrogens is 428 g/mol. The average molecular weight is 457 g/mol. The van der Waals surface area contributed by atoms with E-state index in [0.29, 0.717) is 6.61 Å². The van der Waals surface area contributed by atoms with Gasteiger partial charge >= 0.3 is 5.97 Å². The number of anilines is 1. The SMILES string of the molecule is COC(=O)CC(c1cccnc1)n1ccc2cc(OCCc3ccc4c(n3)NCCC4)ccc21. The van der Waals surface area contributed by atoms with Gasteiger partial charge < -0.3 is 19.4 Å². The molecule has 0 spiro atoms. The Kier molecular flexibility index (Phi) is 6.42. The van der Waals surface area contributed by atoms with E-state index >= 15 is 0 Å². The zero-order valence-corrected chi connectivity index (χ0v) is 19.2. The van der Waals surface area contributed by atoms with E-state index in [2.05, 4.69) is 27.0 Å². The van der Waals surface area contributed by atoms with Crippen LogP contribution in [0, 0.1) is 0 Å². The van der Waals surface area contributed by atoms with E-state index in [9.17, 15) is 4.79 Å². The molecule has 1 aromatic carbocycles. The minimum absolute atomic E-state index is 0.200. The first-order valence-electron chi connectivity index (χ1n) is 11.6. The van der Waals surface area contributed by atoms with E-state index < -0.39 is 0 Å². The monoisotopic (exact) mass is 456 g/mol. The smallest absolute Gasteiger partial charge is 0.307 e. The number of aromatic nitrogens is 3. The summed E-state index contributed by atoms with van der Waals surface area (Å²) in [6.45, 7) is 1.54. The number of benzene rings is 1. The van der Waals surface area contributed by atoms with Crippen LogP contribution >= 0.6 is 0 Å². The number of fused-ring (bicyclic) bond motifs is 2. The van der Waals surface area contributed by atoms with E-state index in [4.69, 9.17) is 14.5 Å². The van der Waals surface area contributed by atoms with Gasteiger partial charge in [-0.1, -0.05) is 12.1 Å². The lowest BCUT2D eigenvalue weighted by molar-refractivity contribution is -0.141. The van der Waals surface area contributed by atoms with E-state index in [-0.39, 0.29) is 18.4 Å². The molecular formula is C27H28N4O3. The van der Waals surface area contributed by atoms with Crippen molar-refractivity contribution in [3.63, 3.8) is 0 Å². The van der Waals surface area contributed by atoms with Crippen LogP contribution in [-0.2, 0) is 22.4 Å². The molecule has 0 radical (unpaired) electrons. The Morgan fingerprint density at radius 1 is 1.21 bits per heavy atom. The Morgan fingerprint density at radius 2 is 2.15 bits per heavy atom. The molecule has 1 unspecified atom stereocenters. The summed E-state index contributed by atoms with van der Waals surface area (Å²) < 4.78 is 13.1. The molecule has 4 aromatic rings. The number of methoxy groups -OCH3 is 1. The number of nitrogens with one attached hydrogen (secondary N) is 1. The van der Waals surface area contributed by atoms with Crippen LogP contribution in [0.4, 0.5) is 5.82 Å². The second-order valence-corrected chi connectivity index (χ2v) is 8.47. The van der Waals surface area contributed by atoms with Crippen LogP contribution in [0.3, 0.4) is 0 Å². The van der Waals surface area contributed by atoms with Crippen LogP contribution in [0.25, 0.3) is 10.9 Å². The van der Waals surface area contributed by atoms with E-state index in [0.717, 1.165) is 59.5 Å². The van der Waals surface area contributed by atoms with Crippen molar-refractivity contribution >= 4 is 22.7 Å². The number of nitrogens with zero attached hydrogens (tertiary/aromatic N) is 3. The molecule has 0 aliphatic carbocycles. The zero-order chi connectivity index (χ0) is 23.3. The fraction of sp³-hybridized carbons (Fsp3) is 0.296. The summed E-state index contributed by atoms with van der Waals surface area (Å²) in [5.41, 5.74) is 4.30. The topological polar surface area (TPSA) is 78.3 Å². The second-order valence-electron chi connectivity index (χ2n) is 8.47. The highest BCUT2D eigenvalue weighted by Crippen LogP contribution is 2.30. The van der Waals surface area contributed by atoms with Crippen LogP contribution in [-0.4, -0.2) is 40.8 Å². The predicted octanol–water partition coefficient (Wildman–Crippen LogP) is 4.56. The number of hydrogen-bond donors (Lipinski definition) is 1. The largest absolute Gasteiger partial charge is 0.493 e. The molecule has 1 atom stereocenters. The van der Waals surface area contributed by atoms with Crippen molar-refractivity contribution in [2.24, 2.45) is 0 Å². The minimum atomic E-state index is -0.262. The predicted molar refractivity (Wildman–Crippen MR) is 131 cm³/mol. The Labute approximate surface area is 198 Å². The molecule has 7 nitrogen and oxygen atoms in total. The summed E-state index contributed by atoms with van der Waals surface area (Å²) in [5, 5.41) is 4.43. The van der Waals surface area contributed by atoms with Crippen molar-refractivity contribution in [2.45, 2.75) is 31.7 Å². The highest BCUT2D eigenvalue weighted by Gasteiger charge is 2.20. The molecule has 0 fully saturated rings. The first kappa shape index (κ1) is 21.9. The number of ether oxygens (including phenoxy) is 2. The molecule has 5 rings (SSSR count). The van der Waals surface area contributed by atoms with E-state index in [1.165, 1.54) is 12.7 Å². The normalized spacial score (nSPS) is 13.7. The van der Waals surface area contributed by atoms with Crippen LogP contribution < -0.4 is 10.1 Å². The van der Waals surface area contributed by atoms with E-state index in [1.807, 2.05) is 42.6 Å². The van der Waals surface area contributed by atoms with Crippen molar-refractivity contribution in [3.05, 3.63) is 83.9 Å². The Balaban J connectivity index is 1.30. The van der Waals surface area contributed by atoms with Crippen LogP contribution in [0.5, 0.6) is 5.75 Å². The average Bonchev–Trinajstić information content (AvgIpc) is 3.30. The maximum absolute atomic E-state index is 12.1. The van der Waals surface area contributed by atoms with Gasteiger partial charge in [-0.15, -0.1) is 0 Å². The summed E-state index contributed by atoms with van der Waals surface area (Å²) in [5.74, 6) is 1.57. The summed E-state index contributed by atoms with van der Waals surface area (Å²) >= 11 is 0. The minimum Gasteiger partial charge on any atom is -0.493 e. The molecule has 7 heteroatoms. The molecule has 0 bridgehead atoms. The van der Waals surface area contributed by atoms with Crippen LogP contribution in [0.2, 0.25) is 0 Å². The number of aryl methyl sites for hydroxylation is 1. The number of carbonyl (C=O) groups is 1. The Bertz CT molecular complexity index is 1290. The van der Waals surface area contributed by atoms with Gasteiger partial charge in [0.2, 0.25) is 0 Å². The molecule has 1 aliphatic heterocycles. The highest BCUT2D eigenvalue weighted by atomic mass is 16.5. The summed E-state index contributed by atoms with van der Waals surface area (Å²) in [6, 6.07) is 16.0. The van der Waals surface area contributed by atoms with Crippen molar-refractivity contribution in [1.82, 2.24) is 14.5 Å². The molecule has 0 saturated heterocycles. The maximum Gasteiger partial charge on any atom is 0.307 e. The van der Waals surface area contributed by atoms with Gasteiger partial charge in [-0.05, 0) is 60.4 Å². The lowest BCUT2D eigenvalue weighted by Gasteiger charge is -2.19. The fourth-order valence-electron chi connectivity index (χ4n) is 4.48. The van der Waals surface area contributed by atoms with Gasteiger partial charge in [-0.25, -0.2) is 4.98 Å². The lowest BCUT2D eigenvalue weighted by Crippen LogP contribution is -2.15. The molecule has 4 heterocycles. The summed E-state index contributed by atoms with van der Waals surface area (Å²) in [7, 11) is 1.41. The standard InChI is InChI=1S/C27H28N4O3/c1-33-26(32)17-25(21-5-2-12-28-18-21)31-14-10-20-16-23(8-9-24(20)31)34-15-11-22-7-6-19-4-3-13-29-27(19)30-22/h2,5-10,12,14,16,18,25H,3-4,11,13,15,17H2,1H3,(H,29,30). The zero-order valence-electron chi connectivity index (χ0n) is 19.2. The van der Waals surface area contributed by atoms with Crippen molar-refractivity contribution < 1.29 is 14.3 Å². The number of pyridine rings is 2. The molecule has 3 aromatic heterocycles. The van der Waals surface area contributed by atoms with Gasteiger partial charge in [0.1, 0.15) is 11.6 Å². The van der Waals surface area contributed by atoms with Gasteiger partial charge in [0, 0.05) is 48.2 Å². The van der Waals surface area contributed by atoms with Gasteiger partial charge in [-0.2, -0.15) is 0 Å². The maximum atomic E-state index is 12.1. The molecule has 174 valence electrons. The van der Waals surface area contributed by atoms with Crippen LogP contribution in [0.1, 0.15) is 35.7 Å². The van der Waals surface area contributed by atoms with Crippen molar-refractivity contribution in [1.29, 1.82) is 0 Å². The molecule has 34 heavy (non-hydrogen) atoms.